The lowest BCUT2D eigenvalue weighted by molar-refractivity contribution is -0.0241. The number of nitrogens with zero attached hydrogens (tertiary/aromatic N) is 4. The highest BCUT2D eigenvalue weighted by atomic mass is 35.5. The second-order valence-corrected chi connectivity index (χ2v) is 9.37. The standard InChI is InChI=1S/C23H25ClN6O2/c1-23(6-4-12-2-3-13-9-15(24)21(26)29-16(13)8-12)10-17(18(31)19(23)32)30-7-5-14-20(25)27-11-28-22(14)30/h2-3,5,7-9,11,17-19,31-32H,4,6,10H2,1H3,(H2,26,29)(H2,25,27,28)/t17-,18+,19+,23+/m1/s1. The lowest BCUT2D eigenvalue weighted by Gasteiger charge is -2.28. The first-order valence-electron chi connectivity index (χ1n) is 10.5. The average Bonchev–Trinajstić information content (AvgIpc) is 3.29. The third-order valence-electron chi connectivity index (χ3n) is 6.85. The maximum absolute atomic E-state index is 11.0. The third kappa shape index (κ3) is 3.35. The van der Waals surface area contributed by atoms with Crippen molar-refractivity contribution in [2.45, 2.75) is 44.4 Å². The van der Waals surface area contributed by atoms with Gasteiger partial charge in [-0.05, 0) is 48.4 Å². The van der Waals surface area contributed by atoms with Crippen LogP contribution in [0.4, 0.5) is 11.6 Å². The van der Waals surface area contributed by atoms with Crippen LogP contribution in [0.15, 0.2) is 42.9 Å². The molecule has 1 saturated carbocycles. The highest BCUT2D eigenvalue weighted by Gasteiger charge is 2.50. The Kier molecular flexibility index (Phi) is 4.96. The highest BCUT2D eigenvalue weighted by molar-refractivity contribution is 6.33. The van der Waals surface area contributed by atoms with Crippen LogP contribution in [0.25, 0.3) is 21.9 Å². The first kappa shape index (κ1) is 20.9. The molecule has 0 amide bonds. The van der Waals surface area contributed by atoms with Crippen molar-refractivity contribution in [3.8, 4) is 0 Å². The van der Waals surface area contributed by atoms with Gasteiger partial charge in [-0.25, -0.2) is 15.0 Å². The summed E-state index contributed by atoms with van der Waals surface area (Å²) in [6.07, 6.45) is 3.54. The molecule has 4 atom stereocenters. The molecular formula is C23H25ClN6O2. The van der Waals surface area contributed by atoms with E-state index in [1.54, 1.807) is 0 Å². The maximum Gasteiger partial charge on any atom is 0.145 e. The van der Waals surface area contributed by atoms with Crippen LogP contribution < -0.4 is 11.5 Å². The number of pyridine rings is 1. The van der Waals surface area contributed by atoms with Crippen LogP contribution >= 0.6 is 11.6 Å². The molecule has 0 bridgehead atoms. The summed E-state index contributed by atoms with van der Waals surface area (Å²) in [5, 5.41) is 24.0. The summed E-state index contributed by atoms with van der Waals surface area (Å²) in [4.78, 5) is 12.7. The molecule has 5 rings (SSSR count). The van der Waals surface area contributed by atoms with E-state index in [9.17, 15) is 10.2 Å². The second-order valence-electron chi connectivity index (χ2n) is 8.96. The third-order valence-corrected chi connectivity index (χ3v) is 7.15. The summed E-state index contributed by atoms with van der Waals surface area (Å²) >= 11 is 6.07. The van der Waals surface area contributed by atoms with E-state index < -0.39 is 17.6 Å². The van der Waals surface area contributed by atoms with Gasteiger partial charge in [0.2, 0.25) is 0 Å². The summed E-state index contributed by atoms with van der Waals surface area (Å²) in [6.45, 7) is 2.02. The lowest BCUT2D eigenvalue weighted by Crippen LogP contribution is -2.35. The van der Waals surface area contributed by atoms with E-state index in [2.05, 4.69) is 15.0 Å². The second kappa shape index (κ2) is 7.58. The number of nitrogen functional groups attached to an aromatic ring is 2. The number of hydrogen-bond acceptors (Lipinski definition) is 7. The van der Waals surface area contributed by atoms with Crippen molar-refractivity contribution < 1.29 is 10.2 Å². The van der Waals surface area contributed by atoms with Crippen LogP contribution in [-0.2, 0) is 6.42 Å². The van der Waals surface area contributed by atoms with Gasteiger partial charge in [0.15, 0.2) is 0 Å². The molecule has 3 heterocycles. The minimum absolute atomic E-state index is 0.304. The van der Waals surface area contributed by atoms with Crippen molar-refractivity contribution in [2.75, 3.05) is 11.5 Å². The zero-order valence-corrected chi connectivity index (χ0v) is 18.4. The van der Waals surface area contributed by atoms with Gasteiger partial charge in [0.1, 0.15) is 29.7 Å². The monoisotopic (exact) mass is 452 g/mol. The predicted molar refractivity (Wildman–Crippen MR) is 125 cm³/mol. The Morgan fingerprint density at radius 2 is 1.97 bits per heavy atom. The minimum Gasteiger partial charge on any atom is -0.390 e. The van der Waals surface area contributed by atoms with Crippen molar-refractivity contribution in [2.24, 2.45) is 5.41 Å². The number of rotatable bonds is 4. The molecule has 6 N–H and O–H groups in total. The fourth-order valence-electron chi connectivity index (χ4n) is 4.90. The first-order chi connectivity index (χ1) is 15.3. The van der Waals surface area contributed by atoms with E-state index in [4.69, 9.17) is 23.1 Å². The molecule has 0 spiro atoms. The Balaban J connectivity index is 1.38. The highest BCUT2D eigenvalue weighted by Crippen LogP contribution is 2.48. The molecule has 1 aliphatic carbocycles. The zero-order chi connectivity index (χ0) is 22.6. The number of benzene rings is 1. The number of aliphatic hydroxyl groups is 2. The van der Waals surface area contributed by atoms with Crippen molar-refractivity contribution >= 4 is 45.2 Å². The molecular weight excluding hydrogens is 428 g/mol. The minimum atomic E-state index is -0.910. The summed E-state index contributed by atoms with van der Waals surface area (Å²) < 4.78 is 1.90. The number of fused-ring (bicyclic) bond motifs is 2. The number of halogens is 1. The van der Waals surface area contributed by atoms with Gasteiger partial charge in [0, 0.05) is 11.6 Å². The van der Waals surface area contributed by atoms with Gasteiger partial charge in [-0.15, -0.1) is 0 Å². The number of aliphatic hydroxyl groups excluding tert-OH is 2. The van der Waals surface area contributed by atoms with Crippen LogP contribution in [-0.4, -0.2) is 41.9 Å². The quantitative estimate of drug-likeness (QED) is 0.373. The van der Waals surface area contributed by atoms with E-state index in [0.29, 0.717) is 35.1 Å². The van der Waals surface area contributed by atoms with E-state index in [1.807, 2.05) is 48.0 Å². The molecule has 0 aliphatic heterocycles. The van der Waals surface area contributed by atoms with Crippen molar-refractivity contribution in [3.63, 3.8) is 0 Å². The van der Waals surface area contributed by atoms with E-state index >= 15 is 0 Å². The lowest BCUT2D eigenvalue weighted by atomic mass is 9.80. The van der Waals surface area contributed by atoms with Crippen molar-refractivity contribution in [1.82, 2.24) is 19.5 Å². The van der Waals surface area contributed by atoms with Crippen LogP contribution in [0.5, 0.6) is 0 Å². The molecule has 0 saturated heterocycles. The van der Waals surface area contributed by atoms with Crippen molar-refractivity contribution in [1.29, 1.82) is 0 Å². The van der Waals surface area contributed by atoms with E-state index in [0.717, 1.165) is 28.3 Å². The topological polar surface area (TPSA) is 136 Å². The number of nitrogens with two attached hydrogens (primary N) is 2. The summed E-state index contributed by atoms with van der Waals surface area (Å²) in [7, 11) is 0. The number of aromatic nitrogens is 4. The van der Waals surface area contributed by atoms with Crippen LogP contribution in [0.1, 0.15) is 31.4 Å². The van der Waals surface area contributed by atoms with Gasteiger partial charge in [-0.2, -0.15) is 0 Å². The molecule has 1 aromatic carbocycles. The molecule has 4 aromatic rings. The maximum atomic E-state index is 11.0. The molecule has 1 fully saturated rings. The number of hydrogen-bond donors (Lipinski definition) is 4. The Morgan fingerprint density at radius 1 is 1.16 bits per heavy atom. The summed E-state index contributed by atoms with van der Waals surface area (Å²) in [6, 6.07) is 9.36. The molecule has 0 radical (unpaired) electrons. The SMILES string of the molecule is C[C@]1(CCc2ccc3cc(Cl)c(N)nc3c2)C[C@@H](n2ccc3c(N)ncnc32)[C@H](O)[C@@H]1O. The Morgan fingerprint density at radius 3 is 2.78 bits per heavy atom. The normalized spacial score (nSPS) is 25.7. The molecule has 3 aromatic heterocycles. The van der Waals surface area contributed by atoms with E-state index in [1.165, 1.54) is 6.33 Å². The van der Waals surface area contributed by atoms with Gasteiger partial charge in [0.05, 0.1) is 28.1 Å². The fourth-order valence-corrected chi connectivity index (χ4v) is 5.06. The van der Waals surface area contributed by atoms with Gasteiger partial charge >= 0.3 is 0 Å². The van der Waals surface area contributed by atoms with Crippen LogP contribution in [0.2, 0.25) is 5.02 Å². The van der Waals surface area contributed by atoms with Gasteiger partial charge in [-0.3, -0.25) is 0 Å². The zero-order valence-electron chi connectivity index (χ0n) is 17.6. The van der Waals surface area contributed by atoms with Gasteiger partial charge < -0.3 is 26.2 Å². The van der Waals surface area contributed by atoms with E-state index in [-0.39, 0.29) is 6.04 Å². The average molecular weight is 453 g/mol. The summed E-state index contributed by atoms with van der Waals surface area (Å²) in [5.74, 6) is 0.709. The summed E-state index contributed by atoms with van der Waals surface area (Å²) in [5.41, 5.74) is 13.9. The van der Waals surface area contributed by atoms with Crippen LogP contribution in [0, 0.1) is 5.41 Å². The molecule has 32 heavy (non-hydrogen) atoms. The largest absolute Gasteiger partial charge is 0.390 e. The Labute approximate surface area is 189 Å². The van der Waals surface area contributed by atoms with Crippen LogP contribution in [0.3, 0.4) is 0 Å². The smallest absolute Gasteiger partial charge is 0.145 e. The number of aryl methyl sites for hydroxylation is 1. The predicted octanol–water partition coefficient (Wildman–Crippen LogP) is 3.10. The fraction of sp³-hybridized carbons (Fsp3) is 0.348. The molecule has 8 nitrogen and oxygen atoms in total. The first-order valence-corrected chi connectivity index (χ1v) is 10.9. The molecule has 9 heteroatoms. The van der Waals surface area contributed by atoms with Gasteiger partial charge in [-0.1, -0.05) is 30.7 Å². The number of anilines is 2. The Bertz CT molecular complexity index is 1320. The molecule has 1 aliphatic rings. The van der Waals surface area contributed by atoms with Crippen molar-refractivity contribution in [3.05, 3.63) is 53.4 Å². The molecule has 0 unspecified atom stereocenters. The van der Waals surface area contributed by atoms with Gasteiger partial charge in [0.25, 0.3) is 0 Å². The Hall–Kier alpha value is -2.94. The molecule has 166 valence electrons.